The first-order chi connectivity index (χ1) is 3.65. The molecule has 48 valence electrons. The van der Waals surface area contributed by atoms with Gasteiger partial charge in [0, 0.05) is 11.5 Å². The van der Waals surface area contributed by atoms with Crippen molar-refractivity contribution in [3.8, 4) is 0 Å². The Kier molecular flexibility index (Phi) is 1.50. The molecular weight excluding hydrogens is 125 g/mol. The van der Waals surface area contributed by atoms with Gasteiger partial charge in [0.2, 0.25) is 0 Å². The van der Waals surface area contributed by atoms with Crippen molar-refractivity contribution in [3.63, 3.8) is 0 Å². The monoisotopic (exact) mass is 135 g/mol. The van der Waals surface area contributed by atoms with Crippen molar-refractivity contribution in [2.75, 3.05) is 11.5 Å². The molecule has 0 saturated carbocycles. The van der Waals surface area contributed by atoms with Gasteiger partial charge in [0.25, 0.3) is 0 Å². The zero-order valence-corrected chi connectivity index (χ0v) is 5.67. The summed E-state index contributed by atoms with van der Waals surface area (Å²) in [5.74, 6) is 1.56. The van der Waals surface area contributed by atoms with Gasteiger partial charge in [-0.15, -0.1) is 0 Å². The highest BCUT2D eigenvalue weighted by atomic mass is 32.2. The molecule has 0 aromatic heterocycles. The van der Waals surface area contributed by atoms with Gasteiger partial charge in [0.1, 0.15) is 6.17 Å². The third kappa shape index (κ3) is 0.845. The largest absolute Gasteiger partial charge is 0.321 e. The van der Waals surface area contributed by atoms with E-state index in [1.54, 1.807) is 11.8 Å². The van der Waals surface area contributed by atoms with Crippen molar-refractivity contribution in [2.45, 2.75) is 18.6 Å². The molecule has 1 fully saturated rings. The van der Waals surface area contributed by atoms with Crippen LogP contribution in [0.5, 0.6) is 0 Å². The minimum absolute atomic E-state index is 0.481. The molecule has 1 saturated heterocycles. The van der Waals surface area contributed by atoms with Crippen LogP contribution in [0.3, 0.4) is 0 Å². The fraction of sp³-hybridized carbons (Fsp3) is 1.00. The van der Waals surface area contributed by atoms with E-state index in [1.807, 2.05) is 0 Å². The lowest BCUT2D eigenvalue weighted by atomic mass is 10.0. The SMILES string of the molecule is CC(F)C1(N)CSC1. The predicted molar refractivity (Wildman–Crippen MR) is 34.8 cm³/mol. The van der Waals surface area contributed by atoms with Gasteiger partial charge in [-0.25, -0.2) is 4.39 Å². The van der Waals surface area contributed by atoms with Crippen LogP contribution in [0, 0.1) is 0 Å². The second kappa shape index (κ2) is 1.88. The number of nitrogens with two attached hydrogens (primary N) is 1. The molecular formula is C5H10FNS. The van der Waals surface area contributed by atoms with Gasteiger partial charge in [0.05, 0.1) is 5.54 Å². The van der Waals surface area contributed by atoms with Crippen molar-refractivity contribution in [1.29, 1.82) is 0 Å². The molecule has 0 bridgehead atoms. The first-order valence-electron chi connectivity index (χ1n) is 2.66. The van der Waals surface area contributed by atoms with Crippen LogP contribution in [0.4, 0.5) is 4.39 Å². The quantitative estimate of drug-likeness (QED) is 0.575. The summed E-state index contributed by atoms with van der Waals surface area (Å²) in [5.41, 5.74) is 5.07. The predicted octanol–water partition coefficient (Wildman–Crippen LogP) is 0.789. The minimum atomic E-state index is -0.844. The Hall–Kier alpha value is 0.240. The highest BCUT2D eigenvalue weighted by Gasteiger charge is 2.39. The molecule has 1 atom stereocenters. The van der Waals surface area contributed by atoms with Gasteiger partial charge >= 0.3 is 0 Å². The third-order valence-electron chi connectivity index (χ3n) is 1.53. The van der Waals surface area contributed by atoms with Crippen molar-refractivity contribution < 1.29 is 4.39 Å². The summed E-state index contributed by atoms with van der Waals surface area (Å²) in [5, 5.41) is 0. The molecule has 1 aliphatic rings. The number of halogens is 1. The summed E-state index contributed by atoms with van der Waals surface area (Å²) in [6.07, 6.45) is -0.844. The number of hydrogen-bond donors (Lipinski definition) is 1. The van der Waals surface area contributed by atoms with Crippen molar-refractivity contribution >= 4 is 11.8 Å². The molecule has 0 amide bonds. The summed E-state index contributed by atoms with van der Waals surface area (Å²) in [6.45, 7) is 1.53. The summed E-state index contributed by atoms with van der Waals surface area (Å²) < 4.78 is 12.4. The smallest absolute Gasteiger partial charge is 0.117 e. The number of rotatable bonds is 1. The maximum atomic E-state index is 12.4. The first-order valence-corrected chi connectivity index (χ1v) is 3.81. The molecule has 8 heavy (non-hydrogen) atoms. The lowest BCUT2D eigenvalue weighted by Crippen LogP contribution is -2.58. The van der Waals surface area contributed by atoms with E-state index >= 15 is 0 Å². The maximum Gasteiger partial charge on any atom is 0.117 e. The fourth-order valence-electron chi connectivity index (χ4n) is 0.567. The second-order valence-corrected chi connectivity index (χ2v) is 3.33. The Balaban J connectivity index is 2.41. The van der Waals surface area contributed by atoms with Crippen LogP contribution in [-0.4, -0.2) is 23.2 Å². The number of thioether (sulfide) groups is 1. The van der Waals surface area contributed by atoms with Gasteiger partial charge < -0.3 is 5.73 Å². The van der Waals surface area contributed by atoms with E-state index in [4.69, 9.17) is 5.73 Å². The van der Waals surface area contributed by atoms with E-state index in [0.29, 0.717) is 0 Å². The Morgan fingerprint density at radius 3 is 2.25 bits per heavy atom. The zero-order chi connectivity index (χ0) is 6.20. The summed E-state index contributed by atoms with van der Waals surface area (Å²) in [4.78, 5) is 0. The highest BCUT2D eigenvalue weighted by molar-refractivity contribution is 8.00. The average molecular weight is 135 g/mol. The normalized spacial score (nSPS) is 28.9. The van der Waals surface area contributed by atoms with Crippen molar-refractivity contribution in [2.24, 2.45) is 5.73 Å². The Labute approximate surface area is 52.8 Å². The van der Waals surface area contributed by atoms with Crippen molar-refractivity contribution in [3.05, 3.63) is 0 Å². The van der Waals surface area contributed by atoms with E-state index < -0.39 is 11.7 Å². The molecule has 0 aliphatic carbocycles. The van der Waals surface area contributed by atoms with Gasteiger partial charge in [-0.05, 0) is 6.92 Å². The molecule has 0 radical (unpaired) electrons. The van der Waals surface area contributed by atoms with Crippen LogP contribution in [0.2, 0.25) is 0 Å². The lowest BCUT2D eigenvalue weighted by Gasteiger charge is -2.38. The van der Waals surface area contributed by atoms with Gasteiger partial charge in [-0.3, -0.25) is 0 Å². The molecule has 0 aromatic rings. The molecule has 1 rings (SSSR count). The van der Waals surface area contributed by atoms with Gasteiger partial charge in [-0.1, -0.05) is 0 Å². The van der Waals surface area contributed by atoms with E-state index in [2.05, 4.69) is 0 Å². The molecule has 1 heterocycles. The molecule has 0 spiro atoms. The Morgan fingerprint density at radius 1 is 1.75 bits per heavy atom. The number of hydrogen-bond acceptors (Lipinski definition) is 2. The van der Waals surface area contributed by atoms with E-state index in [1.165, 1.54) is 6.92 Å². The Bertz CT molecular complexity index is 90.4. The molecule has 1 nitrogen and oxygen atoms in total. The van der Waals surface area contributed by atoms with Crippen LogP contribution in [0.25, 0.3) is 0 Å². The standard InChI is InChI=1S/C5H10FNS/c1-4(6)5(7)2-8-3-5/h4H,2-3,7H2,1H3. The molecule has 1 unspecified atom stereocenters. The molecule has 0 aromatic carbocycles. The van der Waals surface area contributed by atoms with E-state index in [-0.39, 0.29) is 0 Å². The summed E-state index contributed by atoms with van der Waals surface area (Å²) in [6, 6.07) is 0. The summed E-state index contributed by atoms with van der Waals surface area (Å²) in [7, 11) is 0. The van der Waals surface area contributed by atoms with Crippen LogP contribution < -0.4 is 5.73 Å². The van der Waals surface area contributed by atoms with Gasteiger partial charge in [-0.2, -0.15) is 11.8 Å². The second-order valence-electron chi connectivity index (χ2n) is 2.34. The first kappa shape index (κ1) is 6.36. The maximum absolute atomic E-state index is 12.4. The lowest BCUT2D eigenvalue weighted by molar-refractivity contribution is 0.239. The van der Waals surface area contributed by atoms with E-state index in [9.17, 15) is 4.39 Å². The van der Waals surface area contributed by atoms with Gasteiger partial charge in [0.15, 0.2) is 0 Å². The third-order valence-corrected chi connectivity index (χ3v) is 3.02. The van der Waals surface area contributed by atoms with Crippen LogP contribution in [0.1, 0.15) is 6.92 Å². The average Bonchev–Trinajstić information content (AvgIpc) is 1.60. The summed E-state index contributed by atoms with van der Waals surface area (Å²) >= 11 is 1.71. The van der Waals surface area contributed by atoms with Crippen LogP contribution >= 0.6 is 11.8 Å². The molecule has 3 heteroatoms. The Morgan fingerprint density at radius 2 is 2.25 bits per heavy atom. The molecule has 1 aliphatic heterocycles. The van der Waals surface area contributed by atoms with Crippen LogP contribution in [-0.2, 0) is 0 Å². The highest BCUT2D eigenvalue weighted by Crippen LogP contribution is 2.31. The number of alkyl halides is 1. The topological polar surface area (TPSA) is 26.0 Å². The molecule has 2 N–H and O–H groups in total. The fourth-order valence-corrected chi connectivity index (χ4v) is 1.70. The van der Waals surface area contributed by atoms with Crippen molar-refractivity contribution in [1.82, 2.24) is 0 Å². The zero-order valence-electron chi connectivity index (χ0n) is 4.86. The van der Waals surface area contributed by atoms with E-state index in [0.717, 1.165) is 11.5 Å². The minimum Gasteiger partial charge on any atom is -0.321 e. The van der Waals surface area contributed by atoms with Crippen LogP contribution in [0.15, 0.2) is 0 Å².